The van der Waals surface area contributed by atoms with E-state index < -0.39 is 0 Å². The van der Waals surface area contributed by atoms with Gasteiger partial charge in [-0.25, -0.2) is 0 Å². The molecule has 0 radical (unpaired) electrons. The molecule has 2 aromatic carbocycles. The fraction of sp³-hybridized carbons (Fsp3) is 0.273. The van der Waals surface area contributed by atoms with Gasteiger partial charge in [0.05, 0.1) is 6.61 Å². The third-order valence-electron chi connectivity index (χ3n) is 4.03. The molecule has 0 saturated heterocycles. The van der Waals surface area contributed by atoms with Crippen LogP contribution in [0.15, 0.2) is 60.0 Å². The van der Waals surface area contributed by atoms with Gasteiger partial charge < -0.3 is 14.8 Å². The van der Waals surface area contributed by atoms with Crippen LogP contribution in [0.5, 0.6) is 11.5 Å². The molecular formula is C22H25NO2S. The molecule has 0 unspecified atom stereocenters. The molecule has 0 aliphatic heterocycles. The summed E-state index contributed by atoms with van der Waals surface area (Å²) in [7, 11) is 0. The van der Waals surface area contributed by atoms with Gasteiger partial charge in [-0.1, -0.05) is 42.0 Å². The molecule has 4 heteroatoms. The van der Waals surface area contributed by atoms with Crippen LogP contribution < -0.4 is 14.8 Å². The molecule has 136 valence electrons. The number of rotatable bonds is 9. The molecule has 0 amide bonds. The van der Waals surface area contributed by atoms with Gasteiger partial charge in [0.25, 0.3) is 0 Å². The van der Waals surface area contributed by atoms with Crippen molar-refractivity contribution in [2.24, 2.45) is 0 Å². The van der Waals surface area contributed by atoms with Crippen molar-refractivity contribution < 1.29 is 9.47 Å². The Kier molecular flexibility index (Phi) is 6.69. The summed E-state index contributed by atoms with van der Waals surface area (Å²) in [6, 6.07) is 18.8. The maximum absolute atomic E-state index is 5.99. The van der Waals surface area contributed by atoms with Crippen LogP contribution in [0.25, 0.3) is 0 Å². The van der Waals surface area contributed by atoms with Crippen molar-refractivity contribution in [3.05, 3.63) is 81.5 Å². The van der Waals surface area contributed by atoms with Gasteiger partial charge in [-0.15, -0.1) is 11.3 Å². The van der Waals surface area contributed by atoms with E-state index in [-0.39, 0.29) is 0 Å². The van der Waals surface area contributed by atoms with Crippen molar-refractivity contribution in [3.63, 3.8) is 0 Å². The number of thiophene rings is 1. The molecule has 0 spiro atoms. The molecule has 0 atom stereocenters. The Labute approximate surface area is 159 Å². The third kappa shape index (κ3) is 5.35. The lowest BCUT2D eigenvalue weighted by atomic mass is 10.1. The molecule has 3 nitrogen and oxygen atoms in total. The smallest absolute Gasteiger partial charge is 0.161 e. The van der Waals surface area contributed by atoms with Crippen LogP contribution in [0.4, 0.5) is 0 Å². The highest BCUT2D eigenvalue weighted by atomic mass is 32.1. The first-order valence-electron chi connectivity index (χ1n) is 8.92. The number of nitrogens with one attached hydrogen (secondary N) is 1. The maximum atomic E-state index is 5.99. The van der Waals surface area contributed by atoms with E-state index in [2.05, 4.69) is 66.2 Å². The molecule has 1 heterocycles. The first-order valence-corrected chi connectivity index (χ1v) is 9.79. The van der Waals surface area contributed by atoms with Crippen LogP contribution in [-0.4, -0.2) is 6.61 Å². The van der Waals surface area contributed by atoms with Gasteiger partial charge in [0, 0.05) is 18.0 Å². The van der Waals surface area contributed by atoms with Gasteiger partial charge in [0.2, 0.25) is 0 Å². The first-order chi connectivity index (χ1) is 12.7. The second-order valence-corrected chi connectivity index (χ2v) is 7.20. The van der Waals surface area contributed by atoms with Gasteiger partial charge >= 0.3 is 0 Å². The Balaban J connectivity index is 1.60. The second kappa shape index (κ2) is 9.41. The monoisotopic (exact) mass is 367 g/mol. The van der Waals surface area contributed by atoms with E-state index >= 15 is 0 Å². The molecule has 3 rings (SSSR count). The molecule has 0 bridgehead atoms. The largest absolute Gasteiger partial charge is 0.490 e. The molecule has 0 saturated carbocycles. The van der Waals surface area contributed by atoms with E-state index in [4.69, 9.17) is 9.47 Å². The van der Waals surface area contributed by atoms with Crippen LogP contribution >= 0.6 is 11.3 Å². The second-order valence-electron chi connectivity index (χ2n) is 6.17. The third-order valence-corrected chi connectivity index (χ3v) is 4.91. The Morgan fingerprint density at radius 1 is 0.885 bits per heavy atom. The topological polar surface area (TPSA) is 30.5 Å². The van der Waals surface area contributed by atoms with Crippen molar-refractivity contribution in [1.82, 2.24) is 5.32 Å². The van der Waals surface area contributed by atoms with E-state index in [9.17, 15) is 0 Å². The summed E-state index contributed by atoms with van der Waals surface area (Å²) in [4.78, 5) is 1.34. The fourth-order valence-corrected chi connectivity index (χ4v) is 3.31. The number of aryl methyl sites for hydroxylation is 1. The Bertz CT molecular complexity index is 798. The normalized spacial score (nSPS) is 10.7. The van der Waals surface area contributed by atoms with E-state index in [1.54, 1.807) is 11.3 Å². The number of ether oxygens (including phenoxy) is 2. The Morgan fingerprint density at radius 2 is 1.69 bits per heavy atom. The van der Waals surface area contributed by atoms with E-state index in [1.807, 2.05) is 13.0 Å². The van der Waals surface area contributed by atoms with Gasteiger partial charge in [0.15, 0.2) is 11.5 Å². The minimum absolute atomic E-state index is 0.538. The van der Waals surface area contributed by atoms with E-state index in [0.29, 0.717) is 13.2 Å². The lowest BCUT2D eigenvalue weighted by Gasteiger charge is -2.14. The van der Waals surface area contributed by atoms with Crippen molar-refractivity contribution in [2.45, 2.75) is 33.5 Å². The lowest BCUT2D eigenvalue weighted by molar-refractivity contribution is 0.269. The summed E-state index contributed by atoms with van der Waals surface area (Å²) < 4.78 is 11.8. The van der Waals surface area contributed by atoms with Crippen molar-refractivity contribution >= 4 is 11.3 Å². The average molecular weight is 368 g/mol. The minimum atomic E-state index is 0.538. The van der Waals surface area contributed by atoms with Crippen molar-refractivity contribution in [1.29, 1.82) is 0 Å². The van der Waals surface area contributed by atoms with Crippen molar-refractivity contribution in [3.8, 4) is 11.5 Å². The Hall–Kier alpha value is -2.30. The summed E-state index contributed by atoms with van der Waals surface area (Å²) in [5.74, 6) is 1.59. The highest BCUT2D eigenvalue weighted by molar-refractivity contribution is 7.09. The summed E-state index contributed by atoms with van der Waals surface area (Å²) >= 11 is 1.77. The van der Waals surface area contributed by atoms with Crippen LogP contribution in [0, 0.1) is 6.92 Å². The molecule has 1 aromatic heterocycles. The summed E-state index contributed by atoms with van der Waals surface area (Å²) in [5.41, 5.74) is 3.59. The highest BCUT2D eigenvalue weighted by Gasteiger charge is 2.07. The number of hydrogen-bond acceptors (Lipinski definition) is 4. The first kappa shape index (κ1) is 18.5. The van der Waals surface area contributed by atoms with Gasteiger partial charge in [0.1, 0.15) is 6.61 Å². The summed E-state index contributed by atoms with van der Waals surface area (Å²) in [6.07, 6.45) is 0. The maximum Gasteiger partial charge on any atom is 0.161 e. The number of benzene rings is 2. The van der Waals surface area contributed by atoms with Crippen LogP contribution in [0.2, 0.25) is 0 Å². The highest BCUT2D eigenvalue weighted by Crippen LogP contribution is 2.29. The minimum Gasteiger partial charge on any atom is -0.490 e. The van der Waals surface area contributed by atoms with Crippen LogP contribution in [-0.2, 0) is 19.7 Å². The zero-order chi connectivity index (χ0) is 18.2. The standard InChI is InChI=1S/C22H25NO2S/c1-3-24-22-13-19(14-23-15-20-5-4-12-26-20)10-11-21(22)25-16-18-8-6-17(2)7-9-18/h4-13,23H,3,14-16H2,1-2H3. The van der Waals surface area contributed by atoms with Crippen LogP contribution in [0.3, 0.4) is 0 Å². The summed E-state index contributed by atoms with van der Waals surface area (Å²) in [6.45, 7) is 6.92. The predicted molar refractivity (Wildman–Crippen MR) is 108 cm³/mol. The van der Waals surface area contributed by atoms with Crippen molar-refractivity contribution in [2.75, 3.05) is 6.61 Å². The molecule has 26 heavy (non-hydrogen) atoms. The molecule has 3 aromatic rings. The van der Waals surface area contributed by atoms with Gasteiger partial charge in [-0.2, -0.15) is 0 Å². The van der Waals surface area contributed by atoms with E-state index in [1.165, 1.54) is 16.0 Å². The summed E-state index contributed by atoms with van der Waals surface area (Å²) in [5, 5.41) is 5.57. The Morgan fingerprint density at radius 3 is 2.42 bits per heavy atom. The van der Waals surface area contributed by atoms with Gasteiger partial charge in [-0.3, -0.25) is 0 Å². The fourth-order valence-electron chi connectivity index (χ4n) is 2.64. The molecule has 0 fully saturated rings. The quantitative estimate of drug-likeness (QED) is 0.555. The molecule has 0 aliphatic carbocycles. The predicted octanol–water partition coefficient (Wildman–Crippen LogP) is 5.32. The molecule has 1 N–H and O–H groups in total. The molecule has 0 aliphatic rings. The van der Waals surface area contributed by atoms with Gasteiger partial charge in [-0.05, 0) is 48.6 Å². The number of hydrogen-bond donors (Lipinski definition) is 1. The lowest BCUT2D eigenvalue weighted by Crippen LogP contribution is -2.12. The van der Waals surface area contributed by atoms with E-state index in [0.717, 1.165) is 30.2 Å². The van der Waals surface area contributed by atoms with Crippen LogP contribution in [0.1, 0.15) is 28.5 Å². The molecular weight excluding hydrogens is 342 g/mol. The SMILES string of the molecule is CCOc1cc(CNCc2cccs2)ccc1OCc1ccc(C)cc1. The average Bonchev–Trinajstić information content (AvgIpc) is 3.16. The zero-order valence-electron chi connectivity index (χ0n) is 15.3. The zero-order valence-corrected chi connectivity index (χ0v) is 16.1.